The first-order valence-corrected chi connectivity index (χ1v) is 6.79. The van der Waals surface area contributed by atoms with Gasteiger partial charge in [-0.15, -0.1) is 11.6 Å². The monoisotopic (exact) mass is 332 g/mol. The van der Waals surface area contributed by atoms with Gasteiger partial charge in [-0.25, -0.2) is 8.78 Å². The molecule has 0 aliphatic rings. The number of benzene rings is 2. The zero-order valence-corrected chi connectivity index (χ0v) is 12.8. The molecule has 6 heteroatoms. The normalized spacial score (nSPS) is 12.1. The summed E-state index contributed by atoms with van der Waals surface area (Å²) >= 11 is 12.3. The van der Waals surface area contributed by atoms with E-state index in [1.807, 2.05) is 0 Å². The molecule has 21 heavy (non-hydrogen) atoms. The molecule has 0 aliphatic heterocycles. The summed E-state index contributed by atoms with van der Waals surface area (Å²) in [6.07, 6.45) is 0. The summed E-state index contributed by atoms with van der Waals surface area (Å²) in [7, 11) is 3.01. The standard InChI is InChI=1S/C15H12Cl2F2O2/c1-20-8-3-4-9(14(5-8)21-2)15(17)10-6-12(18)13(19)7-11(10)16/h3-7,15H,1-2H3. The van der Waals surface area contributed by atoms with Crippen LogP contribution < -0.4 is 9.47 Å². The number of hydrogen-bond donors (Lipinski definition) is 0. The molecule has 0 saturated carbocycles. The summed E-state index contributed by atoms with van der Waals surface area (Å²) in [5, 5.41) is -0.736. The predicted octanol–water partition coefficient (Wildman–Crippen LogP) is 4.96. The van der Waals surface area contributed by atoms with Crippen molar-refractivity contribution in [2.24, 2.45) is 0 Å². The third kappa shape index (κ3) is 3.22. The molecule has 0 aliphatic carbocycles. The van der Waals surface area contributed by atoms with E-state index in [1.54, 1.807) is 18.2 Å². The fraction of sp³-hybridized carbons (Fsp3) is 0.200. The van der Waals surface area contributed by atoms with Crippen LogP contribution in [0.2, 0.25) is 5.02 Å². The van der Waals surface area contributed by atoms with Gasteiger partial charge in [0, 0.05) is 16.7 Å². The zero-order chi connectivity index (χ0) is 15.6. The van der Waals surface area contributed by atoms with E-state index in [9.17, 15) is 8.78 Å². The smallest absolute Gasteiger partial charge is 0.160 e. The lowest BCUT2D eigenvalue weighted by Gasteiger charge is -2.16. The van der Waals surface area contributed by atoms with Crippen molar-refractivity contribution in [2.45, 2.75) is 5.38 Å². The lowest BCUT2D eigenvalue weighted by atomic mass is 10.0. The molecule has 0 spiro atoms. The van der Waals surface area contributed by atoms with Crippen molar-refractivity contribution in [3.8, 4) is 11.5 Å². The van der Waals surface area contributed by atoms with Gasteiger partial charge in [0.1, 0.15) is 11.5 Å². The number of alkyl halides is 1. The van der Waals surface area contributed by atoms with Crippen LogP contribution in [0.15, 0.2) is 30.3 Å². The molecule has 1 unspecified atom stereocenters. The Labute approximate surface area is 131 Å². The van der Waals surface area contributed by atoms with Crippen molar-refractivity contribution in [1.29, 1.82) is 0 Å². The maximum Gasteiger partial charge on any atom is 0.160 e. The van der Waals surface area contributed by atoms with E-state index in [2.05, 4.69) is 0 Å². The number of halogens is 4. The minimum atomic E-state index is -1.02. The van der Waals surface area contributed by atoms with Gasteiger partial charge in [-0.05, 0) is 29.8 Å². The zero-order valence-electron chi connectivity index (χ0n) is 11.3. The van der Waals surface area contributed by atoms with Crippen molar-refractivity contribution < 1.29 is 18.3 Å². The molecule has 2 rings (SSSR count). The first-order chi connectivity index (χ1) is 9.97. The molecular formula is C15H12Cl2F2O2. The number of ether oxygens (including phenoxy) is 2. The van der Waals surface area contributed by atoms with Gasteiger partial charge in [0.25, 0.3) is 0 Å². The fourth-order valence-electron chi connectivity index (χ4n) is 1.93. The van der Waals surface area contributed by atoms with Gasteiger partial charge in [0.05, 0.1) is 19.6 Å². The van der Waals surface area contributed by atoms with E-state index >= 15 is 0 Å². The summed E-state index contributed by atoms with van der Waals surface area (Å²) in [4.78, 5) is 0. The molecule has 0 radical (unpaired) electrons. The van der Waals surface area contributed by atoms with Gasteiger partial charge in [-0.1, -0.05) is 11.6 Å². The summed E-state index contributed by atoms with van der Waals surface area (Å²) in [5.74, 6) is -0.965. The molecule has 0 fully saturated rings. The van der Waals surface area contributed by atoms with E-state index in [-0.39, 0.29) is 10.6 Å². The van der Waals surface area contributed by atoms with Crippen LogP contribution in [-0.2, 0) is 0 Å². The van der Waals surface area contributed by atoms with Gasteiger partial charge in [-0.3, -0.25) is 0 Å². The molecule has 0 heterocycles. The molecule has 0 bridgehead atoms. The van der Waals surface area contributed by atoms with Gasteiger partial charge < -0.3 is 9.47 Å². The molecule has 0 aromatic heterocycles. The molecule has 112 valence electrons. The Balaban J connectivity index is 2.49. The second kappa shape index (κ2) is 6.50. The summed E-state index contributed by atoms with van der Waals surface area (Å²) in [6.45, 7) is 0. The molecule has 2 nitrogen and oxygen atoms in total. The first kappa shape index (κ1) is 15.9. The molecule has 1 atom stereocenters. The van der Waals surface area contributed by atoms with Crippen LogP contribution in [0.5, 0.6) is 11.5 Å². The van der Waals surface area contributed by atoms with Crippen LogP contribution in [0, 0.1) is 11.6 Å². The highest BCUT2D eigenvalue weighted by Gasteiger charge is 2.21. The van der Waals surface area contributed by atoms with Crippen molar-refractivity contribution in [3.63, 3.8) is 0 Å². The van der Waals surface area contributed by atoms with Crippen LogP contribution in [0.25, 0.3) is 0 Å². The number of hydrogen-bond acceptors (Lipinski definition) is 2. The Morgan fingerprint density at radius 1 is 0.952 bits per heavy atom. The molecular weight excluding hydrogens is 321 g/mol. The van der Waals surface area contributed by atoms with Crippen molar-refractivity contribution >= 4 is 23.2 Å². The van der Waals surface area contributed by atoms with Crippen LogP contribution in [0.4, 0.5) is 8.78 Å². The van der Waals surface area contributed by atoms with Crippen LogP contribution in [-0.4, -0.2) is 14.2 Å². The quantitative estimate of drug-likeness (QED) is 0.581. The topological polar surface area (TPSA) is 18.5 Å². The van der Waals surface area contributed by atoms with E-state index in [4.69, 9.17) is 32.7 Å². The van der Waals surface area contributed by atoms with Crippen LogP contribution in [0.3, 0.4) is 0 Å². The van der Waals surface area contributed by atoms with Crippen LogP contribution >= 0.6 is 23.2 Å². The lowest BCUT2D eigenvalue weighted by molar-refractivity contribution is 0.391. The highest BCUT2D eigenvalue weighted by Crippen LogP contribution is 2.40. The minimum absolute atomic E-state index is 0.0479. The maximum absolute atomic E-state index is 13.4. The van der Waals surface area contributed by atoms with E-state index < -0.39 is 17.0 Å². The summed E-state index contributed by atoms with van der Waals surface area (Å²) in [5.41, 5.74) is 0.841. The SMILES string of the molecule is COc1ccc(C(Cl)c2cc(F)c(F)cc2Cl)c(OC)c1. The number of methoxy groups -OCH3 is 2. The van der Waals surface area contributed by atoms with Gasteiger partial charge >= 0.3 is 0 Å². The Bertz CT molecular complexity index is 662. The number of rotatable bonds is 4. The molecule has 0 N–H and O–H groups in total. The van der Waals surface area contributed by atoms with Gasteiger partial charge in [-0.2, -0.15) is 0 Å². The largest absolute Gasteiger partial charge is 0.497 e. The van der Waals surface area contributed by atoms with E-state index in [0.717, 1.165) is 12.1 Å². The van der Waals surface area contributed by atoms with Crippen molar-refractivity contribution in [3.05, 3.63) is 58.1 Å². The van der Waals surface area contributed by atoms with Crippen molar-refractivity contribution in [2.75, 3.05) is 14.2 Å². The Hall–Kier alpha value is -1.52. The average Bonchev–Trinajstić information content (AvgIpc) is 2.49. The summed E-state index contributed by atoms with van der Waals surface area (Å²) < 4.78 is 36.9. The highest BCUT2D eigenvalue weighted by molar-refractivity contribution is 6.33. The second-order valence-corrected chi connectivity index (χ2v) is 5.10. The lowest BCUT2D eigenvalue weighted by Crippen LogP contribution is -2.00. The van der Waals surface area contributed by atoms with Crippen molar-refractivity contribution in [1.82, 2.24) is 0 Å². The maximum atomic E-state index is 13.4. The van der Waals surface area contributed by atoms with E-state index in [0.29, 0.717) is 17.1 Å². The summed E-state index contributed by atoms with van der Waals surface area (Å²) in [6, 6.07) is 6.92. The molecule has 0 saturated heterocycles. The Kier molecular flexibility index (Phi) is 4.91. The fourth-order valence-corrected chi connectivity index (χ4v) is 2.60. The minimum Gasteiger partial charge on any atom is -0.497 e. The van der Waals surface area contributed by atoms with Gasteiger partial charge in [0.15, 0.2) is 11.6 Å². The third-order valence-electron chi connectivity index (χ3n) is 3.03. The van der Waals surface area contributed by atoms with Crippen LogP contribution in [0.1, 0.15) is 16.5 Å². The van der Waals surface area contributed by atoms with E-state index in [1.165, 1.54) is 14.2 Å². The predicted molar refractivity (Wildman–Crippen MR) is 78.6 cm³/mol. The molecule has 0 amide bonds. The Morgan fingerprint density at radius 2 is 1.62 bits per heavy atom. The third-order valence-corrected chi connectivity index (χ3v) is 3.82. The highest BCUT2D eigenvalue weighted by atomic mass is 35.5. The molecule has 2 aromatic carbocycles. The first-order valence-electron chi connectivity index (χ1n) is 5.98. The van der Waals surface area contributed by atoms with Gasteiger partial charge in [0.2, 0.25) is 0 Å². The average molecular weight is 333 g/mol. The second-order valence-electron chi connectivity index (χ2n) is 4.26. The molecule has 2 aromatic rings. The Morgan fingerprint density at radius 3 is 2.24 bits per heavy atom.